The molecular formula is C10H11ClO3. The van der Waals surface area contributed by atoms with Crippen molar-refractivity contribution in [3.8, 4) is 11.5 Å². The number of carbonyl (C=O) groups excluding carboxylic acids is 1. The molecule has 0 aliphatic carbocycles. The number of aromatic hydroxyl groups is 1. The van der Waals surface area contributed by atoms with E-state index in [1.807, 2.05) is 0 Å². The van der Waals surface area contributed by atoms with Crippen LogP contribution in [0.15, 0.2) is 12.1 Å². The van der Waals surface area contributed by atoms with E-state index < -0.39 is 0 Å². The second-order valence-corrected chi connectivity index (χ2v) is 3.36. The molecule has 0 radical (unpaired) electrons. The molecule has 4 heteroatoms. The topological polar surface area (TPSA) is 46.5 Å². The average Bonchev–Trinajstić information content (AvgIpc) is 2.11. The van der Waals surface area contributed by atoms with Crippen LogP contribution in [0.3, 0.4) is 0 Å². The molecule has 14 heavy (non-hydrogen) atoms. The molecule has 0 bridgehead atoms. The Balaban J connectivity index is 3.22. The monoisotopic (exact) mass is 214 g/mol. The molecule has 76 valence electrons. The molecule has 0 aliphatic rings. The van der Waals surface area contributed by atoms with Crippen LogP contribution in [0.2, 0.25) is 5.02 Å². The Labute approximate surface area is 87.3 Å². The number of hydrogen-bond acceptors (Lipinski definition) is 3. The zero-order chi connectivity index (χ0) is 10.7. The highest BCUT2D eigenvalue weighted by atomic mass is 35.5. The van der Waals surface area contributed by atoms with Gasteiger partial charge < -0.3 is 9.84 Å². The summed E-state index contributed by atoms with van der Waals surface area (Å²) in [5.41, 5.74) is 0.529. The number of rotatable bonds is 3. The number of phenolic OH excluding ortho intramolecular Hbond substituents is 1. The van der Waals surface area contributed by atoms with Gasteiger partial charge in [-0.15, -0.1) is 0 Å². The van der Waals surface area contributed by atoms with Crippen molar-refractivity contribution in [2.75, 3.05) is 7.11 Å². The number of hydrogen-bond donors (Lipinski definition) is 1. The summed E-state index contributed by atoms with van der Waals surface area (Å²) in [6, 6.07) is 2.97. The lowest BCUT2D eigenvalue weighted by Crippen LogP contribution is -2.00. The molecule has 0 fully saturated rings. The predicted octanol–water partition coefficient (Wildman–Crippen LogP) is 2.19. The SMILES string of the molecule is COc1c(O)ccc(Cl)c1CC(C)=O. The Morgan fingerprint density at radius 1 is 1.57 bits per heavy atom. The molecule has 1 N–H and O–H groups in total. The van der Waals surface area contributed by atoms with Crippen LogP contribution in [0.1, 0.15) is 12.5 Å². The molecule has 0 saturated carbocycles. The molecule has 0 saturated heterocycles. The molecule has 0 spiro atoms. The van der Waals surface area contributed by atoms with Crippen molar-refractivity contribution >= 4 is 17.4 Å². The first-order valence-electron chi connectivity index (χ1n) is 4.10. The Morgan fingerprint density at radius 3 is 2.71 bits per heavy atom. The fourth-order valence-corrected chi connectivity index (χ4v) is 1.45. The number of ketones is 1. The summed E-state index contributed by atoms with van der Waals surface area (Å²) >= 11 is 5.88. The molecule has 0 aliphatic heterocycles. The zero-order valence-electron chi connectivity index (χ0n) is 8.00. The third kappa shape index (κ3) is 2.17. The fourth-order valence-electron chi connectivity index (χ4n) is 1.23. The van der Waals surface area contributed by atoms with Crippen molar-refractivity contribution in [3.05, 3.63) is 22.7 Å². The molecule has 3 nitrogen and oxygen atoms in total. The normalized spacial score (nSPS) is 9.93. The molecule has 0 atom stereocenters. The minimum atomic E-state index is -0.0317. The first-order valence-corrected chi connectivity index (χ1v) is 4.47. The Morgan fingerprint density at radius 2 is 2.21 bits per heavy atom. The lowest BCUT2D eigenvalue weighted by atomic mass is 10.1. The molecule has 0 heterocycles. The van der Waals surface area contributed by atoms with Crippen molar-refractivity contribution in [1.82, 2.24) is 0 Å². The minimum Gasteiger partial charge on any atom is -0.504 e. The third-order valence-electron chi connectivity index (χ3n) is 1.81. The van der Waals surface area contributed by atoms with E-state index in [0.29, 0.717) is 10.6 Å². The van der Waals surface area contributed by atoms with Crippen LogP contribution in [0.5, 0.6) is 11.5 Å². The number of phenols is 1. The minimum absolute atomic E-state index is 0.00634. The van der Waals surface area contributed by atoms with E-state index in [1.165, 1.54) is 26.2 Å². The summed E-state index contributed by atoms with van der Waals surface area (Å²) in [6.45, 7) is 1.46. The zero-order valence-corrected chi connectivity index (χ0v) is 8.76. The molecule has 1 aromatic carbocycles. The van der Waals surface area contributed by atoms with Crippen LogP contribution < -0.4 is 4.74 Å². The van der Waals surface area contributed by atoms with Crippen LogP contribution in [0.25, 0.3) is 0 Å². The number of carbonyl (C=O) groups is 1. The summed E-state index contributed by atoms with van der Waals surface area (Å²) in [6.07, 6.45) is 0.163. The molecule has 0 amide bonds. The van der Waals surface area contributed by atoms with Gasteiger partial charge in [0, 0.05) is 17.0 Å². The van der Waals surface area contributed by atoms with Crippen LogP contribution in [-0.2, 0) is 11.2 Å². The van der Waals surface area contributed by atoms with Crippen molar-refractivity contribution in [1.29, 1.82) is 0 Å². The lowest BCUT2D eigenvalue weighted by Gasteiger charge is -2.10. The standard InChI is InChI=1S/C10H11ClO3/c1-6(12)5-7-8(11)3-4-9(13)10(7)14-2/h3-4,13H,5H2,1-2H3. The van der Waals surface area contributed by atoms with Crippen LogP contribution in [-0.4, -0.2) is 18.0 Å². The molecule has 1 rings (SSSR count). The van der Waals surface area contributed by atoms with Crippen LogP contribution in [0.4, 0.5) is 0 Å². The van der Waals surface area contributed by atoms with Gasteiger partial charge in [0.25, 0.3) is 0 Å². The maximum atomic E-state index is 10.9. The second-order valence-electron chi connectivity index (χ2n) is 2.96. The van der Waals surface area contributed by atoms with E-state index in [2.05, 4.69) is 0 Å². The van der Waals surface area contributed by atoms with Gasteiger partial charge in [0.15, 0.2) is 11.5 Å². The number of halogens is 1. The molecular weight excluding hydrogens is 204 g/mol. The molecule has 1 aromatic rings. The highest BCUT2D eigenvalue weighted by Gasteiger charge is 2.13. The average molecular weight is 215 g/mol. The first kappa shape index (κ1) is 10.9. The van der Waals surface area contributed by atoms with Gasteiger partial charge in [-0.3, -0.25) is 4.79 Å². The fraction of sp³-hybridized carbons (Fsp3) is 0.300. The van der Waals surface area contributed by atoms with E-state index in [4.69, 9.17) is 16.3 Å². The highest BCUT2D eigenvalue weighted by molar-refractivity contribution is 6.31. The van der Waals surface area contributed by atoms with Crippen molar-refractivity contribution in [2.24, 2.45) is 0 Å². The van der Waals surface area contributed by atoms with Crippen molar-refractivity contribution < 1.29 is 14.6 Å². The molecule has 0 unspecified atom stereocenters. The van der Waals surface area contributed by atoms with Gasteiger partial charge in [-0.2, -0.15) is 0 Å². The lowest BCUT2D eigenvalue weighted by molar-refractivity contribution is -0.116. The van der Waals surface area contributed by atoms with Gasteiger partial charge in [0.05, 0.1) is 7.11 Å². The summed E-state index contributed by atoms with van der Waals surface area (Å²) in [5, 5.41) is 9.86. The van der Waals surface area contributed by atoms with E-state index in [0.717, 1.165) is 0 Å². The van der Waals surface area contributed by atoms with Crippen LogP contribution >= 0.6 is 11.6 Å². The number of Topliss-reactive ketones (excluding diaryl/α,β-unsaturated/α-hetero) is 1. The largest absolute Gasteiger partial charge is 0.504 e. The quantitative estimate of drug-likeness (QED) is 0.839. The van der Waals surface area contributed by atoms with Crippen molar-refractivity contribution in [3.63, 3.8) is 0 Å². The van der Waals surface area contributed by atoms with Gasteiger partial charge in [-0.05, 0) is 19.1 Å². The first-order chi connectivity index (χ1) is 6.56. The molecule has 0 aromatic heterocycles. The van der Waals surface area contributed by atoms with Crippen molar-refractivity contribution in [2.45, 2.75) is 13.3 Å². The smallest absolute Gasteiger partial charge is 0.165 e. The Kier molecular flexibility index (Phi) is 3.36. The van der Waals surface area contributed by atoms with Gasteiger partial charge in [0.2, 0.25) is 0 Å². The summed E-state index contributed by atoms with van der Waals surface area (Å²) in [7, 11) is 1.43. The highest BCUT2D eigenvalue weighted by Crippen LogP contribution is 2.35. The maximum absolute atomic E-state index is 10.9. The summed E-state index contributed by atoms with van der Waals surface area (Å²) in [4.78, 5) is 10.9. The Bertz CT molecular complexity index is 361. The van der Waals surface area contributed by atoms with E-state index >= 15 is 0 Å². The number of methoxy groups -OCH3 is 1. The number of ether oxygens (including phenoxy) is 1. The van der Waals surface area contributed by atoms with E-state index in [9.17, 15) is 9.90 Å². The summed E-state index contributed by atoms with van der Waals surface area (Å²) in [5.74, 6) is 0.233. The summed E-state index contributed by atoms with van der Waals surface area (Å²) < 4.78 is 4.97. The van der Waals surface area contributed by atoms with Gasteiger partial charge in [-0.25, -0.2) is 0 Å². The predicted molar refractivity (Wildman–Crippen MR) is 54.1 cm³/mol. The third-order valence-corrected chi connectivity index (χ3v) is 2.17. The van der Waals surface area contributed by atoms with E-state index in [1.54, 1.807) is 0 Å². The Hall–Kier alpha value is -1.22. The van der Waals surface area contributed by atoms with Gasteiger partial charge >= 0.3 is 0 Å². The second kappa shape index (κ2) is 4.33. The van der Waals surface area contributed by atoms with E-state index in [-0.39, 0.29) is 23.7 Å². The number of benzene rings is 1. The van der Waals surface area contributed by atoms with Crippen LogP contribution in [0, 0.1) is 0 Å². The van der Waals surface area contributed by atoms with Gasteiger partial charge in [-0.1, -0.05) is 11.6 Å². The van der Waals surface area contributed by atoms with Gasteiger partial charge in [0.1, 0.15) is 5.78 Å². The maximum Gasteiger partial charge on any atom is 0.165 e.